The van der Waals surface area contributed by atoms with Crippen molar-refractivity contribution in [1.82, 2.24) is 15.1 Å². The second-order valence-corrected chi connectivity index (χ2v) is 9.36. The zero-order chi connectivity index (χ0) is 25.3. The predicted molar refractivity (Wildman–Crippen MR) is 144 cm³/mol. The second kappa shape index (κ2) is 14.3. The van der Waals surface area contributed by atoms with Crippen LogP contribution in [0.15, 0.2) is 72.8 Å². The number of hydrogen-bond donors (Lipinski definition) is 1. The molecule has 9 heteroatoms. The van der Waals surface area contributed by atoms with E-state index in [1.165, 1.54) is 24.3 Å². The molecule has 1 atom stereocenters. The molecule has 0 aromatic heterocycles. The van der Waals surface area contributed by atoms with Gasteiger partial charge in [0.25, 0.3) is 5.91 Å². The fraction of sp³-hybridized carbons (Fsp3) is 0.321. The maximum Gasteiger partial charge on any atom is 0.260 e. The lowest BCUT2D eigenvalue weighted by Gasteiger charge is -2.41. The maximum absolute atomic E-state index is 13.4. The summed E-state index contributed by atoms with van der Waals surface area (Å²) in [5.74, 6) is 0.0403. The number of piperazine rings is 1. The first-order valence-electron chi connectivity index (χ1n) is 12.1. The van der Waals surface area contributed by atoms with Crippen LogP contribution in [-0.2, 0) is 17.9 Å². The molecule has 0 aliphatic carbocycles. The van der Waals surface area contributed by atoms with Gasteiger partial charge in [-0.2, -0.15) is 0 Å². The highest BCUT2D eigenvalue weighted by atomic mass is 35.5. The zero-order valence-corrected chi connectivity index (χ0v) is 22.0. The largest absolute Gasteiger partial charge is 0.484 e. The Hall–Kier alpha value is -2.71. The third-order valence-corrected chi connectivity index (χ3v) is 6.58. The molecule has 37 heavy (non-hydrogen) atoms. The Kier molecular flexibility index (Phi) is 11.1. The first kappa shape index (κ1) is 28.9. The monoisotopic (exact) mass is 549 g/mol. The maximum atomic E-state index is 13.4. The van der Waals surface area contributed by atoms with Crippen LogP contribution in [0.4, 0.5) is 8.78 Å². The van der Waals surface area contributed by atoms with Gasteiger partial charge in [0, 0.05) is 43.8 Å². The highest BCUT2D eigenvalue weighted by molar-refractivity contribution is 6.30. The lowest BCUT2D eigenvalue weighted by Crippen LogP contribution is -2.55. The molecule has 3 aromatic rings. The van der Waals surface area contributed by atoms with E-state index in [1.54, 1.807) is 48.5 Å². The smallest absolute Gasteiger partial charge is 0.260 e. The van der Waals surface area contributed by atoms with Gasteiger partial charge in [0.05, 0.1) is 0 Å². The summed E-state index contributed by atoms with van der Waals surface area (Å²) in [6.45, 7) is 3.94. The van der Waals surface area contributed by atoms with Gasteiger partial charge < -0.3 is 15.0 Å². The first-order valence-corrected chi connectivity index (χ1v) is 12.4. The molecular formula is C28H31Cl2F2N3O2. The van der Waals surface area contributed by atoms with Gasteiger partial charge in [0.1, 0.15) is 17.4 Å². The molecule has 4 rings (SSSR count). The van der Waals surface area contributed by atoms with Gasteiger partial charge in [0.15, 0.2) is 6.61 Å². The van der Waals surface area contributed by atoms with Crippen molar-refractivity contribution in [2.24, 2.45) is 0 Å². The van der Waals surface area contributed by atoms with Crippen LogP contribution in [0.25, 0.3) is 0 Å². The minimum Gasteiger partial charge on any atom is -0.484 e. The van der Waals surface area contributed by atoms with Crippen LogP contribution in [0, 0.1) is 11.6 Å². The van der Waals surface area contributed by atoms with Crippen molar-refractivity contribution >= 4 is 29.9 Å². The van der Waals surface area contributed by atoms with E-state index in [9.17, 15) is 13.6 Å². The Balaban J connectivity index is 0.00000380. The summed E-state index contributed by atoms with van der Waals surface area (Å²) >= 11 is 5.91. The summed E-state index contributed by atoms with van der Waals surface area (Å²) in [6, 6.07) is 20.1. The Morgan fingerprint density at radius 1 is 0.919 bits per heavy atom. The van der Waals surface area contributed by atoms with Gasteiger partial charge in [-0.15, -0.1) is 12.4 Å². The number of carbonyl (C=O) groups is 1. The number of hydrogen-bond acceptors (Lipinski definition) is 4. The number of halogens is 4. The Bertz CT molecular complexity index is 1120. The lowest BCUT2D eigenvalue weighted by atomic mass is 10.1. The number of benzene rings is 3. The van der Waals surface area contributed by atoms with Crippen molar-refractivity contribution in [2.45, 2.75) is 25.6 Å². The fourth-order valence-electron chi connectivity index (χ4n) is 4.30. The summed E-state index contributed by atoms with van der Waals surface area (Å²) in [7, 11) is 0. The first-order chi connectivity index (χ1) is 17.5. The molecule has 1 N–H and O–H groups in total. The Labute approximate surface area is 227 Å². The number of amides is 1. The van der Waals surface area contributed by atoms with Crippen LogP contribution >= 0.6 is 24.0 Å². The molecule has 3 aromatic carbocycles. The van der Waals surface area contributed by atoms with Crippen molar-refractivity contribution in [2.75, 3.05) is 32.8 Å². The molecule has 1 heterocycles. The van der Waals surface area contributed by atoms with Gasteiger partial charge in [-0.25, -0.2) is 8.78 Å². The van der Waals surface area contributed by atoms with Gasteiger partial charge in [-0.05, 0) is 72.6 Å². The third-order valence-electron chi connectivity index (χ3n) is 6.33. The SMILES string of the molecule is Cl.O=C(COc1ccc(Cl)cc1)N1CCN(Cc2ccc(F)cc2)C(CCNCc2ccc(F)cc2)C1. The molecule has 0 spiro atoms. The molecule has 0 bridgehead atoms. The van der Waals surface area contributed by atoms with E-state index in [4.69, 9.17) is 16.3 Å². The van der Waals surface area contributed by atoms with Crippen molar-refractivity contribution in [3.8, 4) is 5.75 Å². The van der Waals surface area contributed by atoms with E-state index >= 15 is 0 Å². The van der Waals surface area contributed by atoms with Crippen molar-refractivity contribution in [3.63, 3.8) is 0 Å². The summed E-state index contributed by atoms with van der Waals surface area (Å²) < 4.78 is 32.2. The van der Waals surface area contributed by atoms with Crippen LogP contribution in [0.1, 0.15) is 17.5 Å². The third kappa shape index (κ3) is 8.97. The average molecular weight is 550 g/mol. The van der Waals surface area contributed by atoms with Gasteiger partial charge >= 0.3 is 0 Å². The highest BCUT2D eigenvalue weighted by Gasteiger charge is 2.29. The minimum atomic E-state index is -0.253. The summed E-state index contributed by atoms with van der Waals surface area (Å²) in [4.78, 5) is 17.1. The molecule has 0 saturated carbocycles. The van der Waals surface area contributed by atoms with Crippen LogP contribution in [0.5, 0.6) is 5.75 Å². The molecule has 1 unspecified atom stereocenters. The number of carbonyl (C=O) groups excluding carboxylic acids is 1. The van der Waals surface area contributed by atoms with E-state index in [0.717, 1.165) is 24.1 Å². The number of nitrogens with zero attached hydrogens (tertiary/aromatic N) is 2. The van der Waals surface area contributed by atoms with E-state index in [-0.39, 0.29) is 42.6 Å². The average Bonchev–Trinajstić information content (AvgIpc) is 2.89. The zero-order valence-electron chi connectivity index (χ0n) is 20.4. The molecule has 1 fully saturated rings. The number of nitrogens with one attached hydrogen (secondary N) is 1. The van der Waals surface area contributed by atoms with Crippen molar-refractivity contribution in [1.29, 1.82) is 0 Å². The Morgan fingerprint density at radius 2 is 1.54 bits per heavy atom. The van der Waals surface area contributed by atoms with Gasteiger partial charge in [0.2, 0.25) is 0 Å². The van der Waals surface area contributed by atoms with Gasteiger partial charge in [-0.3, -0.25) is 9.69 Å². The molecular weight excluding hydrogens is 519 g/mol. The molecule has 0 radical (unpaired) electrons. The quantitative estimate of drug-likeness (QED) is 0.348. The van der Waals surface area contributed by atoms with Crippen LogP contribution in [-0.4, -0.2) is 54.5 Å². The minimum absolute atomic E-state index is 0. The molecule has 1 aliphatic rings. The molecule has 1 saturated heterocycles. The van der Waals surface area contributed by atoms with E-state index < -0.39 is 0 Å². The lowest BCUT2D eigenvalue weighted by molar-refractivity contribution is -0.136. The van der Waals surface area contributed by atoms with Gasteiger partial charge in [-0.1, -0.05) is 35.9 Å². The molecule has 1 aliphatic heterocycles. The standard InChI is InChI=1S/C28H30ClF2N3O2.ClH/c29-23-5-11-27(12-6-23)36-20-28(35)34-16-15-33(18-22-3-9-25(31)10-4-22)26(19-34)13-14-32-17-21-1-7-24(30)8-2-21;/h1-12,26,32H,13-20H2;1H. The normalized spacial score (nSPS) is 15.8. The Morgan fingerprint density at radius 3 is 2.19 bits per heavy atom. The van der Waals surface area contributed by atoms with E-state index in [2.05, 4.69) is 10.2 Å². The predicted octanol–water partition coefficient (Wildman–Crippen LogP) is 5.31. The molecule has 1 amide bonds. The van der Waals surface area contributed by atoms with Crippen molar-refractivity contribution in [3.05, 3.63) is 101 Å². The second-order valence-electron chi connectivity index (χ2n) is 8.93. The summed E-state index contributed by atoms with van der Waals surface area (Å²) in [5, 5.41) is 4.03. The van der Waals surface area contributed by atoms with Crippen molar-refractivity contribution < 1.29 is 18.3 Å². The number of rotatable bonds is 10. The fourth-order valence-corrected chi connectivity index (χ4v) is 4.42. The van der Waals surface area contributed by atoms with Crippen LogP contribution in [0.2, 0.25) is 5.02 Å². The highest BCUT2D eigenvalue weighted by Crippen LogP contribution is 2.19. The molecule has 198 valence electrons. The van der Waals surface area contributed by atoms with Crippen LogP contribution in [0.3, 0.4) is 0 Å². The topological polar surface area (TPSA) is 44.8 Å². The molecule has 5 nitrogen and oxygen atoms in total. The van der Waals surface area contributed by atoms with E-state index in [1.807, 2.05) is 4.90 Å². The summed E-state index contributed by atoms with van der Waals surface area (Å²) in [5.41, 5.74) is 2.05. The van der Waals surface area contributed by atoms with Crippen LogP contribution < -0.4 is 10.1 Å². The van der Waals surface area contributed by atoms with E-state index in [0.29, 0.717) is 43.5 Å². The summed E-state index contributed by atoms with van der Waals surface area (Å²) in [6.07, 6.45) is 0.824. The number of ether oxygens (including phenoxy) is 1.